The van der Waals surface area contributed by atoms with E-state index in [-0.39, 0.29) is 18.4 Å². The highest BCUT2D eigenvalue weighted by molar-refractivity contribution is 7.89. The lowest BCUT2D eigenvalue weighted by Crippen LogP contribution is -2.34. The first-order chi connectivity index (χ1) is 7.93. The van der Waals surface area contributed by atoms with E-state index in [1.165, 1.54) is 0 Å². The minimum Gasteiger partial charge on any atom is -0.489 e. The Morgan fingerprint density at radius 2 is 1.88 bits per heavy atom. The quantitative estimate of drug-likeness (QED) is 0.844. The van der Waals surface area contributed by atoms with E-state index < -0.39 is 10.0 Å². The van der Waals surface area contributed by atoms with Crippen LogP contribution in [0.5, 0.6) is 5.75 Å². The van der Waals surface area contributed by atoms with Crippen molar-refractivity contribution in [2.24, 2.45) is 0 Å². The van der Waals surface area contributed by atoms with Crippen molar-refractivity contribution in [2.45, 2.75) is 26.9 Å². The maximum absolute atomic E-state index is 11.2. The lowest BCUT2D eigenvalue weighted by molar-refractivity contribution is 0.225. The maximum Gasteiger partial charge on any atom is 0.211 e. The van der Waals surface area contributed by atoms with Crippen LogP contribution in [0.2, 0.25) is 0 Å². The predicted molar refractivity (Wildman–Crippen MR) is 68.7 cm³/mol. The molecule has 0 amide bonds. The van der Waals surface area contributed by atoms with Gasteiger partial charge in [-0.05, 0) is 32.9 Å². The van der Waals surface area contributed by atoms with Crippen molar-refractivity contribution in [1.29, 1.82) is 0 Å². The summed E-state index contributed by atoms with van der Waals surface area (Å²) in [6.45, 7) is 5.72. The molecular weight excluding hydrogens is 238 g/mol. The molecule has 0 unspecified atom stereocenters. The second kappa shape index (κ2) is 6.02. The van der Waals surface area contributed by atoms with Crippen molar-refractivity contribution in [2.75, 3.05) is 12.3 Å². The molecule has 17 heavy (non-hydrogen) atoms. The number of aryl methyl sites for hydroxylation is 1. The van der Waals surface area contributed by atoms with Gasteiger partial charge in [0.25, 0.3) is 0 Å². The number of rotatable bonds is 6. The van der Waals surface area contributed by atoms with Crippen LogP contribution < -0.4 is 9.46 Å². The summed E-state index contributed by atoms with van der Waals surface area (Å²) >= 11 is 0. The summed E-state index contributed by atoms with van der Waals surface area (Å²) in [7, 11) is -3.14. The molecule has 0 saturated carbocycles. The van der Waals surface area contributed by atoms with E-state index in [9.17, 15) is 8.42 Å². The first kappa shape index (κ1) is 14.0. The summed E-state index contributed by atoms with van der Waals surface area (Å²) in [5.74, 6) is 0.836. The van der Waals surface area contributed by atoms with Gasteiger partial charge in [0.05, 0.1) is 5.75 Å². The van der Waals surface area contributed by atoms with Gasteiger partial charge in [0.1, 0.15) is 11.9 Å². The van der Waals surface area contributed by atoms with Gasteiger partial charge >= 0.3 is 0 Å². The van der Waals surface area contributed by atoms with Crippen LogP contribution in [0.1, 0.15) is 19.4 Å². The highest BCUT2D eigenvalue weighted by Gasteiger charge is 2.10. The molecule has 5 heteroatoms. The van der Waals surface area contributed by atoms with E-state index in [2.05, 4.69) is 4.72 Å². The Hall–Kier alpha value is -1.07. The van der Waals surface area contributed by atoms with Crippen molar-refractivity contribution in [3.8, 4) is 5.75 Å². The summed E-state index contributed by atoms with van der Waals surface area (Å²) in [4.78, 5) is 0. The minimum atomic E-state index is -3.14. The normalized spacial score (nSPS) is 13.4. The average molecular weight is 257 g/mol. The molecule has 0 spiro atoms. The molecule has 1 aromatic carbocycles. The predicted octanol–water partition coefficient (Wildman–Crippen LogP) is 1.70. The highest BCUT2D eigenvalue weighted by atomic mass is 32.2. The zero-order valence-corrected chi connectivity index (χ0v) is 11.3. The van der Waals surface area contributed by atoms with Crippen LogP contribution in [0.3, 0.4) is 0 Å². The second-order valence-electron chi connectivity index (χ2n) is 3.99. The fourth-order valence-corrected chi connectivity index (χ4v) is 1.93. The van der Waals surface area contributed by atoms with Gasteiger partial charge in [-0.1, -0.05) is 17.7 Å². The topological polar surface area (TPSA) is 55.4 Å². The van der Waals surface area contributed by atoms with E-state index >= 15 is 0 Å². The Morgan fingerprint density at radius 1 is 1.29 bits per heavy atom. The van der Waals surface area contributed by atoms with Crippen LogP contribution in [0, 0.1) is 6.92 Å². The SMILES string of the molecule is CCS(=O)(=O)NC[C@H](C)Oc1ccc(C)cc1. The fraction of sp³-hybridized carbons (Fsp3) is 0.500. The van der Waals surface area contributed by atoms with Crippen molar-refractivity contribution in [3.05, 3.63) is 29.8 Å². The summed E-state index contributed by atoms with van der Waals surface area (Å²) in [5.41, 5.74) is 1.16. The maximum atomic E-state index is 11.2. The van der Waals surface area contributed by atoms with Crippen LogP contribution in [-0.2, 0) is 10.0 Å². The van der Waals surface area contributed by atoms with E-state index in [0.717, 1.165) is 11.3 Å². The van der Waals surface area contributed by atoms with Crippen molar-refractivity contribution < 1.29 is 13.2 Å². The first-order valence-electron chi connectivity index (χ1n) is 5.63. The molecule has 1 atom stereocenters. The molecule has 0 bridgehead atoms. The van der Waals surface area contributed by atoms with Crippen LogP contribution in [0.25, 0.3) is 0 Å². The lowest BCUT2D eigenvalue weighted by atomic mass is 10.2. The molecule has 0 aliphatic carbocycles. The zero-order valence-electron chi connectivity index (χ0n) is 10.4. The average Bonchev–Trinajstić information content (AvgIpc) is 2.30. The summed E-state index contributed by atoms with van der Waals surface area (Å²) in [6, 6.07) is 7.66. The van der Waals surface area contributed by atoms with E-state index in [1.807, 2.05) is 38.1 Å². The third-order valence-electron chi connectivity index (χ3n) is 2.33. The summed E-state index contributed by atoms with van der Waals surface area (Å²) in [6.07, 6.45) is -0.195. The van der Waals surface area contributed by atoms with Gasteiger partial charge in [-0.25, -0.2) is 13.1 Å². The fourth-order valence-electron chi connectivity index (χ4n) is 1.24. The largest absolute Gasteiger partial charge is 0.489 e. The van der Waals surface area contributed by atoms with Crippen molar-refractivity contribution in [1.82, 2.24) is 4.72 Å². The number of ether oxygens (including phenoxy) is 1. The van der Waals surface area contributed by atoms with Gasteiger partial charge in [0.2, 0.25) is 10.0 Å². The Bertz CT molecular complexity index is 439. The van der Waals surface area contributed by atoms with Crippen LogP contribution >= 0.6 is 0 Å². The minimum absolute atomic E-state index is 0.0876. The lowest BCUT2D eigenvalue weighted by Gasteiger charge is -2.15. The molecule has 0 aliphatic rings. The molecular formula is C12H19NO3S. The molecule has 1 N–H and O–H groups in total. The smallest absolute Gasteiger partial charge is 0.211 e. The summed E-state index contributed by atoms with van der Waals surface area (Å²) in [5, 5.41) is 0. The first-order valence-corrected chi connectivity index (χ1v) is 7.29. The number of hydrogen-bond donors (Lipinski definition) is 1. The Balaban J connectivity index is 2.45. The molecule has 0 radical (unpaired) electrons. The molecule has 0 saturated heterocycles. The Morgan fingerprint density at radius 3 is 2.41 bits per heavy atom. The van der Waals surface area contributed by atoms with Gasteiger partial charge in [-0.2, -0.15) is 0 Å². The standard InChI is InChI=1S/C12H19NO3S/c1-4-17(14,15)13-9-11(3)16-12-7-5-10(2)6-8-12/h5-8,11,13H,4,9H2,1-3H3/t11-/m0/s1. The highest BCUT2D eigenvalue weighted by Crippen LogP contribution is 2.12. The second-order valence-corrected chi connectivity index (χ2v) is 6.09. The van der Waals surface area contributed by atoms with Gasteiger partial charge in [0, 0.05) is 6.54 Å². The molecule has 0 heterocycles. The molecule has 0 aliphatic heterocycles. The van der Waals surface area contributed by atoms with Crippen LogP contribution in [0.15, 0.2) is 24.3 Å². The number of nitrogens with one attached hydrogen (secondary N) is 1. The van der Waals surface area contributed by atoms with Gasteiger partial charge in [0.15, 0.2) is 0 Å². The zero-order chi connectivity index (χ0) is 12.9. The van der Waals surface area contributed by atoms with Crippen molar-refractivity contribution >= 4 is 10.0 Å². The summed E-state index contributed by atoms with van der Waals surface area (Å²) < 4.78 is 30.5. The van der Waals surface area contributed by atoms with E-state index in [0.29, 0.717) is 0 Å². The molecule has 0 aromatic heterocycles. The molecule has 4 nitrogen and oxygen atoms in total. The molecule has 0 fully saturated rings. The monoisotopic (exact) mass is 257 g/mol. The van der Waals surface area contributed by atoms with E-state index in [4.69, 9.17) is 4.74 Å². The Kier molecular flexibility index (Phi) is 4.96. The van der Waals surface area contributed by atoms with Gasteiger partial charge in [-0.3, -0.25) is 0 Å². The van der Waals surface area contributed by atoms with Gasteiger partial charge in [-0.15, -0.1) is 0 Å². The number of benzene rings is 1. The number of hydrogen-bond acceptors (Lipinski definition) is 3. The molecule has 1 aromatic rings. The number of sulfonamides is 1. The van der Waals surface area contributed by atoms with E-state index in [1.54, 1.807) is 6.92 Å². The van der Waals surface area contributed by atoms with Crippen LogP contribution in [0.4, 0.5) is 0 Å². The van der Waals surface area contributed by atoms with Crippen molar-refractivity contribution in [3.63, 3.8) is 0 Å². The Labute approximate surface area is 103 Å². The third kappa shape index (κ3) is 5.19. The van der Waals surface area contributed by atoms with Crippen LogP contribution in [-0.4, -0.2) is 26.8 Å². The molecule has 96 valence electrons. The molecule has 1 rings (SSSR count). The third-order valence-corrected chi connectivity index (χ3v) is 3.70. The van der Waals surface area contributed by atoms with Gasteiger partial charge < -0.3 is 4.74 Å².